The third kappa shape index (κ3) is 3.94. The largest absolute Gasteiger partial charge is 0.467 e. The lowest BCUT2D eigenvalue weighted by atomic mass is 10.1. The normalized spacial score (nSPS) is 15.1. The van der Waals surface area contributed by atoms with Crippen molar-refractivity contribution in [3.63, 3.8) is 0 Å². The molecule has 0 radical (unpaired) electrons. The number of rotatable bonds is 6. The number of hydrogen-bond acceptors (Lipinski definition) is 5. The van der Waals surface area contributed by atoms with Crippen LogP contribution in [-0.4, -0.2) is 26.7 Å². The minimum Gasteiger partial charge on any atom is -0.467 e. The van der Waals surface area contributed by atoms with Crippen molar-refractivity contribution in [2.75, 3.05) is 10.2 Å². The van der Waals surface area contributed by atoms with Crippen LogP contribution in [0.5, 0.6) is 0 Å². The Morgan fingerprint density at radius 3 is 2.87 bits per heavy atom. The Morgan fingerprint density at radius 2 is 2.00 bits per heavy atom. The van der Waals surface area contributed by atoms with E-state index >= 15 is 0 Å². The molecule has 1 aromatic carbocycles. The number of nitrogens with one attached hydrogen (secondary N) is 1. The maximum Gasteiger partial charge on any atom is 0.260 e. The summed E-state index contributed by atoms with van der Waals surface area (Å²) in [6.07, 6.45) is 6.13. The van der Waals surface area contributed by atoms with E-state index in [1.54, 1.807) is 29.3 Å². The first kappa shape index (κ1) is 19.1. The summed E-state index contributed by atoms with van der Waals surface area (Å²) in [5, 5.41) is 7.31. The van der Waals surface area contributed by atoms with Crippen LogP contribution in [0, 0.1) is 0 Å². The van der Waals surface area contributed by atoms with Crippen molar-refractivity contribution in [3.05, 3.63) is 95.8 Å². The SMILES string of the molecule is CC1Cc2ccccc2N1Cc1occc1C(=O)Nc1ccn(Cc2ccccn2)n1. The van der Waals surface area contributed by atoms with E-state index < -0.39 is 0 Å². The van der Waals surface area contributed by atoms with Gasteiger partial charge in [0.15, 0.2) is 5.82 Å². The third-order valence-electron chi connectivity index (χ3n) is 5.58. The van der Waals surface area contributed by atoms with Crippen LogP contribution in [0.25, 0.3) is 0 Å². The third-order valence-corrected chi connectivity index (χ3v) is 5.58. The predicted molar refractivity (Wildman–Crippen MR) is 118 cm³/mol. The average Bonchev–Trinajstić information content (AvgIpc) is 3.49. The molecule has 1 amide bonds. The highest BCUT2D eigenvalue weighted by Crippen LogP contribution is 2.33. The van der Waals surface area contributed by atoms with Crippen molar-refractivity contribution in [3.8, 4) is 0 Å². The molecule has 0 fully saturated rings. The number of furan rings is 1. The predicted octanol–water partition coefficient (Wildman–Crippen LogP) is 4.12. The zero-order valence-corrected chi connectivity index (χ0v) is 17.2. The van der Waals surface area contributed by atoms with Gasteiger partial charge in [-0.25, -0.2) is 0 Å². The van der Waals surface area contributed by atoms with Gasteiger partial charge >= 0.3 is 0 Å². The maximum absolute atomic E-state index is 12.9. The Hall–Kier alpha value is -3.87. The number of carbonyl (C=O) groups excluding carboxylic acids is 1. The van der Waals surface area contributed by atoms with Crippen LogP contribution in [0.1, 0.15) is 34.3 Å². The first-order chi connectivity index (χ1) is 15.2. The highest BCUT2D eigenvalue weighted by molar-refractivity contribution is 6.04. The highest BCUT2D eigenvalue weighted by Gasteiger charge is 2.28. The molecule has 1 aliphatic heterocycles. The van der Waals surface area contributed by atoms with E-state index in [9.17, 15) is 4.79 Å². The standard InChI is InChI=1S/C24H23N5O2/c1-17-14-18-6-2-3-8-21(18)29(17)16-22-20(10-13-31-22)24(30)26-23-9-12-28(27-23)15-19-7-4-5-11-25-19/h2-13,17H,14-16H2,1H3,(H,26,27,30). The number of nitrogens with zero attached hydrogens (tertiary/aromatic N) is 4. The summed E-state index contributed by atoms with van der Waals surface area (Å²) in [5.41, 5.74) is 3.95. The quantitative estimate of drug-likeness (QED) is 0.515. The van der Waals surface area contributed by atoms with Crippen LogP contribution in [0.3, 0.4) is 0 Å². The van der Waals surface area contributed by atoms with Gasteiger partial charge in [-0.2, -0.15) is 5.10 Å². The van der Waals surface area contributed by atoms with Crippen molar-refractivity contribution >= 4 is 17.4 Å². The van der Waals surface area contributed by atoms with Crippen LogP contribution in [0.4, 0.5) is 11.5 Å². The minimum atomic E-state index is -0.230. The fourth-order valence-electron chi connectivity index (χ4n) is 4.05. The van der Waals surface area contributed by atoms with Crippen molar-refractivity contribution < 1.29 is 9.21 Å². The Bertz CT molecular complexity index is 1200. The summed E-state index contributed by atoms with van der Waals surface area (Å²) >= 11 is 0. The van der Waals surface area contributed by atoms with Gasteiger partial charge in [0.1, 0.15) is 5.76 Å². The van der Waals surface area contributed by atoms with Gasteiger partial charge < -0.3 is 14.6 Å². The van der Waals surface area contributed by atoms with Crippen LogP contribution >= 0.6 is 0 Å². The monoisotopic (exact) mass is 413 g/mol. The number of aromatic nitrogens is 3. The number of para-hydroxylation sites is 1. The van der Waals surface area contributed by atoms with Gasteiger partial charge in [0.05, 0.1) is 30.6 Å². The van der Waals surface area contributed by atoms with Crippen molar-refractivity contribution in [2.24, 2.45) is 0 Å². The fraction of sp³-hybridized carbons (Fsp3) is 0.208. The Balaban J connectivity index is 1.28. The van der Waals surface area contributed by atoms with E-state index in [4.69, 9.17) is 4.42 Å². The summed E-state index contributed by atoms with van der Waals surface area (Å²) in [7, 11) is 0. The highest BCUT2D eigenvalue weighted by atomic mass is 16.3. The zero-order chi connectivity index (χ0) is 21.2. The molecule has 0 saturated carbocycles. The van der Waals surface area contributed by atoms with Gasteiger partial charge in [0, 0.05) is 30.2 Å². The van der Waals surface area contributed by atoms with E-state index in [0.29, 0.717) is 36.3 Å². The molecule has 1 aliphatic rings. The molecule has 1 atom stereocenters. The molecule has 4 aromatic rings. The second-order valence-electron chi connectivity index (χ2n) is 7.74. The van der Waals surface area contributed by atoms with Crippen LogP contribution in [0.2, 0.25) is 0 Å². The van der Waals surface area contributed by atoms with Crippen molar-refractivity contribution in [1.82, 2.24) is 14.8 Å². The van der Waals surface area contributed by atoms with E-state index in [1.165, 1.54) is 11.3 Å². The number of anilines is 2. The van der Waals surface area contributed by atoms with Gasteiger partial charge in [-0.05, 0) is 43.2 Å². The van der Waals surface area contributed by atoms with Crippen molar-refractivity contribution in [1.29, 1.82) is 0 Å². The molecule has 0 spiro atoms. The van der Waals surface area contributed by atoms with E-state index in [-0.39, 0.29) is 5.91 Å². The van der Waals surface area contributed by atoms with Gasteiger partial charge in [-0.3, -0.25) is 14.5 Å². The van der Waals surface area contributed by atoms with E-state index in [0.717, 1.165) is 12.1 Å². The molecule has 3 aromatic heterocycles. The van der Waals surface area contributed by atoms with Crippen molar-refractivity contribution in [2.45, 2.75) is 32.5 Å². The first-order valence-corrected chi connectivity index (χ1v) is 10.3. The van der Waals surface area contributed by atoms with Gasteiger partial charge in [0.2, 0.25) is 0 Å². The lowest BCUT2D eigenvalue weighted by Gasteiger charge is -2.24. The summed E-state index contributed by atoms with van der Waals surface area (Å²) in [6.45, 7) is 3.28. The summed E-state index contributed by atoms with van der Waals surface area (Å²) in [4.78, 5) is 19.5. The number of carbonyl (C=O) groups is 1. The number of benzene rings is 1. The van der Waals surface area contributed by atoms with Gasteiger partial charge in [0.25, 0.3) is 5.91 Å². The van der Waals surface area contributed by atoms with E-state index in [1.807, 2.05) is 30.5 Å². The molecule has 0 aliphatic carbocycles. The topological polar surface area (TPSA) is 76.2 Å². The molecule has 7 nitrogen and oxygen atoms in total. The molecule has 1 N–H and O–H groups in total. The lowest BCUT2D eigenvalue weighted by Crippen LogP contribution is -2.29. The second kappa shape index (κ2) is 8.10. The Kier molecular flexibility index (Phi) is 5.00. The first-order valence-electron chi connectivity index (χ1n) is 10.3. The van der Waals surface area contributed by atoms with E-state index in [2.05, 4.69) is 45.4 Å². The lowest BCUT2D eigenvalue weighted by molar-refractivity contribution is 0.102. The van der Waals surface area contributed by atoms with Crippen LogP contribution < -0.4 is 10.2 Å². The zero-order valence-electron chi connectivity index (χ0n) is 17.2. The molecule has 5 rings (SSSR count). The summed E-state index contributed by atoms with van der Waals surface area (Å²) in [5.74, 6) is 0.911. The molecular formula is C24H23N5O2. The molecule has 0 bridgehead atoms. The average molecular weight is 413 g/mol. The smallest absolute Gasteiger partial charge is 0.260 e. The van der Waals surface area contributed by atoms with Crippen LogP contribution in [-0.2, 0) is 19.5 Å². The molecule has 31 heavy (non-hydrogen) atoms. The molecular weight excluding hydrogens is 390 g/mol. The summed E-state index contributed by atoms with van der Waals surface area (Å²) in [6, 6.07) is 18.0. The maximum atomic E-state index is 12.9. The molecule has 7 heteroatoms. The molecule has 156 valence electrons. The minimum absolute atomic E-state index is 0.230. The number of pyridine rings is 1. The number of hydrogen-bond donors (Lipinski definition) is 1. The Morgan fingerprint density at radius 1 is 1.13 bits per heavy atom. The van der Waals surface area contributed by atoms with Crippen LogP contribution in [0.15, 0.2) is 77.7 Å². The molecule has 1 unspecified atom stereocenters. The molecule has 4 heterocycles. The fourth-order valence-corrected chi connectivity index (χ4v) is 4.05. The number of fused-ring (bicyclic) bond motifs is 1. The summed E-state index contributed by atoms with van der Waals surface area (Å²) < 4.78 is 7.44. The Labute approximate surface area is 180 Å². The number of amides is 1. The second-order valence-corrected chi connectivity index (χ2v) is 7.74. The molecule has 0 saturated heterocycles. The van der Waals surface area contributed by atoms with Gasteiger partial charge in [-0.15, -0.1) is 0 Å². The van der Waals surface area contributed by atoms with Gasteiger partial charge in [-0.1, -0.05) is 24.3 Å².